The Kier molecular flexibility index (Phi) is 7.14. The van der Waals surface area contributed by atoms with Crippen LogP contribution in [0, 0.1) is 13.8 Å². The van der Waals surface area contributed by atoms with E-state index in [2.05, 4.69) is 26.3 Å². The lowest BCUT2D eigenvalue weighted by Gasteiger charge is -2.08. The second-order valence-corrected chi connectivity index (χ2v) is 7.55. The van der Waals surface area contributed by atoms with Crippen LogP contribution in [-0.2, 0) is 20.8 Å². The van der Waals surface area contributed by atoms with Crippen LogP contribution in [0.5, 0.6) is 0 Å². The van der Waals surface area contributed by atoms with Crippen molar-refractivity contribution in [2.24, 2.45) is 0 Å². The van der Waals surface area contributed by atoms with Crippen LogP contribution in [0.25, 0.3) is 0 Å². The fraction of sp³-hybridized carbons (Fsp3) is 0.412. The van der Waals surface area contributed by atoms with Crippen LogP contribution in [0.2, 0.25) is 0 Å². The van der Waals surface area contributed by atoms with E-state index < -0.39 is 11.9 Å². The highest BCUT2D eigenvalue weighted by atomic mass is 79.9. The third-order valence-corrected chi connectivity index (χ3v) is 5.71. The molecule has 2 aromatic rings. The summed E-state index contributed by atoms with van der Waals surface area (Å²) in [6.07, 6.45) is 2.26. The molecule has 0 bridgehead atoms. The summed E-state index contributed by atoms with van der Waals surface area (Å²) in [7, 11) is 1.26. The molecule has 2 rings (SSSR count). The van der Waals surface area contributed by atoms with Gasteiger partial charge in [0.05, 0.1) is 35.6 Å². The van der Waals surface area contributed by atoms with Crippen molar-refractivity contribution >= 4 is 50.1 Å². The molecule has 146 valence electrons. The summed E-state index contributed by atoms with van der Waals surface area (Å²) in [6.45, 7) is 5.53. The van der Waals surface area contributed by atoms with E-state index in [1.165, 1.54) is 11.8 Å². The van der Waals surface area contributed by atoms with Gasteiger partial charge >= 0.3 is 11.9 Å². The van der Waals surface area contributed by atoms with Gasteiger partial charge in [0.25, 0.3) is 0 Å². The number of carbonyl (C=O) groups excluding carboxylic acids is 3. The minimum Gasteiger partial charge on any atom is -0.465 e. The zero-order valence-electron chi connectivity index (χ0n) is 15.4. The first kappa shape index (κ1) is 21.1. The van der Waals surface area contributed by atoms with Crippen LogP contribution in [-0.4, -0.2) is 41.3 Å². The molecule has 0 radical (unpaired) electrons. The number of nitrogens with zero attached hydrogens (tertiary/aromatic N) is 2. The summed E-state index contributed by atoms with van der Waals surface area (Å²) < 4.78 is 12.3. The normalized spacial score (nSPS) is 10.6. The topological polar surface area (TPSA) is 99.5 Å². The molecule has 0 unspecified atom stereocenters. The number of aromatic nitrogens is 2. The van der Waals surface area contributed by atoms with E-state index >= 15 is 0 Å². The van der Waals surface area contributed by atoms with Crippen molar-refractivity contribution in [3.63, 3.8) is 0 Å². The highest BCUT2D eigenvalue weighted by Gasteiger charge is 2.27. The van der Waals surface area contributed by atoms with Gasteiger partial charge in [-0.2, -0.15) is 5.10 Å². The van der Waals surface area contributed by atoms with Crippen LogP contribution in [0.3, 0.4) is 0 Å². The fourth-order valence-electron chi connectivity index (χ4n) is 2.29. The highest BCUT2D eigenvalue weighted by Crippen LogP contribution is 2.34. The number of carbonyl (C=O) groups is 3. The predicted octanol–water partition coefficient (Wildman–Crippen LogP) is 3.32. The molecule has 0 saturated carbocycles. The van der Waals surface area contributed by atoms with Crippen LogP contribution in [0.4, 0.5) is 5.00 Å². The first-order valence-corrected chi connectivity index (χ1v) is 9.77. The van der Waals surface area contributed by atoms with Crippen molar-refractivity contribution in [2.75, 3.05) is 19.0 Å². The number of hydrogen-bond acceptors (Lipinski definition) is 7. The monoisotopic (exact) mass is 457 g/mol. The lowest BCUT2D eigenvalue weighted by atomic mass is 10.1. The van der Waals surface area contributed by atoms with E-state index in [1.54, 1.807) is 13.1 Å². The molecule has 10 heteroatoms. The molecule has 0 aliphatic rings. The molecule has 0 aliphatic heterocycles. The quantitative estimate of drug-likeness (QED) is 0.640. The number of amides is 1. The van der Waals surface area contributed by atoms with Gasteiger partial charge in [-0.05, 0) is 41.8 Å². The van der Waals surface area contributed by atoms with E-state index in [1.807, 2.05) is 13.8 Å². The minimum atomic E-state index is -0.589. The molecule has 0 aromatic carbocycles. The lowest BCUT2D eigenvalue weighted by molar-refractivity contribution is -0.116. The molecule has 2 aromatic heterocycles. The van der Waals surface area contributed by atoms with E-state index in [-0.39, 0.29) is 34.5 Å². The molecular weight excluding hydrogens is 438 g/mol. The molecule has 0 spiro atoms. The van der Waals surface area contributed by atoms with Crippen LogP contribution >= 0.6 is 27.3 Å². The first-order valence-electron chi connectivity index (χ1n) is 8.16. The number of halogens is 1. The summed E-state index contributed by atoms with van der Waals surface area (Å²) in [6, 6.07) is 0. The third kappa shape index (κ3) is 4.75. The average Bonchev–Trinajstić information content (AvgIpc) is 3.12. The Morgan fingerprint density at radius 2 is 2.00 bits per heavy atom. The summed E-state index contributed by atoms with van der Waals surface area (Å²) in [4.78, 5) is 37.1. The van der Waals surface area contributed by atoms with Gasteiger partial charge < -0.3 is 14.8 Å². The molecule has 27 heavy (non-hydrogen) atoms. The molecular formula is C17H20BrN3O5S. The Labute approximate surface area is 169 Å². The van der Waals surface area contributed by atoms with Crippen molar-refractivity contribution in [1.29, 1.82) is 0 Å². The number of thiophene rings is 1. The maximum Gasteiger partial charge on any atom is 0.348 e. The number of rotatable bonds is 7. The standard InChI is InChI=1S/C17H20BrN3O5S/c1-5-6-26-16(23)13-9(2)14(17(24)25-4)27-15(13)20-12(22)8-21-10(3)11(18)7-19-21/h7H,5-6,8H2,1-4H3,(H,20,22). The summed E-state index contributed by atoms with van der Waals surface area (Å²) >= 11 is 4.32. The number of anilines is 1. The van der Waals surface area contributed by atoms with Gasteiger partial charge in [0, 0.05) is 0 Å². The Balaban J connectivity index is 2.30. The smallest absolute Gasteiger partial charge is 0.348 e. The Bertz CT molecular complexity index is 874. The average molecular weight is 458 g/mol. The molecule has 8 nitrogen and oxygen atoms in total. The number of esters is 2. The number of nitrogens with one attached hydrogen (secondary N) is 1. The molecule has 0 fully saturated rings. The van der Waals surface area contributed by atoms with Crippen molar-refractivity contribution < 1.29 is 23.9 Å². The van der Waals surface area contributed by atoms with E-state index in [4.69, 9.17) is 9.47 Å². The summed E-state index contributed by atoms with van der Waals surface area (Å²) in [5.41, 5.74) is 1.38. The van der Waals surface area contributed by atoms with Gasteiger partial charge in [0.2, 0.25) is 5.91 Å². The third-order valence-electron chi connectivity index (χ3n) is 3.75. The fourth-order valence-corrected chi connectivity index (χ4v) is 3.71. The van der Waals surface area contributed by atoms with Gasteiger partial charge in [-0.3, -0.25) is 9.48 Å². The lowest BCUT2D eigenvalue weighted by Crippen LogP contribution is -2.21. The highest BCUT2D eigenvalue weighted by molar-refractivity contribution is 9.10. The number of ether oxygens (including phenoxy) is 2. The second-order valence-electron chi connectivity index (χ2n) is 5.67. The van der Waals surface area contributed by atoms with Gasteiger partial charge in [0.15, 0.2) is 0 Å². The van der Waals surface area contributed by atoms with Gasteiger partial charge in [-0.25, -0.2) is 9.59 Å². The maximum absolute atomic E-state index is 12.4. The van der Waals surface area contributed by atoms with Crippen molar-refractivity contribution in [3.05, 3.63) is 32.4 Å². The van der Waals surface area contributed by atoms with Gasteiger partial charge in [-0.1, -0.05) is 6.92 Å². The largest absolute Gasteiger partial charge is 0.465 e. The molecule has 0 saturated heterocycles. The first-order chi connectivity index (χ1) is 12.8. The number of methoxy groups -OCH3 is 1. The minimum absolute atomic E-state index is 0.0363. The van der Waals surface area contributed by atoms with Crippen LogP contribution in [0.1, 0.15) is 44.6 Å². The van der Waals surface area contributed by atoms with Gasteiger partial charge in [0.1, 0.15) is 16.4 Å². The molecule has 0 atom stereocenters. The SMILES string of the molecule is CCCOC(=O)c1c(NC(=O)Cn2ncc(Br)c2C)sc(C(=O)OC)c1C. The summed E-state index contributed by atoms with van der Waals surface area (Å²) in [5, 5.41) is 7.05. The second kappa shape index (κ2) is 9.14. The predicted molar refractivity (Wildman–Crippen MR) is 104 cm³/mol. The molecule has 1 amide bonds. The van der Waals surface area contributed by atoms with E-state index in [0.29, 0.717) is 12.0 Å². The van der Waals surface area contributed by atoms with Crippen LogP contribution in [0.15, 0.2) is 10.7 Å². The number of hydrogen-bond donors (Lipinski definition) is 1. The Morgan fingerprint density at radius 3 is 2.56 bits per heavy atom. The van der Waals surface area contributed by atoms with Crippen molar-refractivity contribution in [3.8, 4) is 0 Å². The zero-order chi connectivity index (χ0) is 20.1. The Hall–Kier alpha value is -2.20. The molecule has 1 N–H and O–H groups in total. The van der Waals surface area contributed by atoms with E-state index in [9.17, 15) is 14.4 Å². The summed E-state index contributed by atoms with van der Waals surface area (Å²) in [5.74, 6) is -1.54. The van der Waals surface area contributed by atoms with E-state index in [0.717, 1.165) is 21.5 Å². The van der Waals surface area contributed by atoms with Crippen molar-refractivity contribution in [2.45, 2.75) is 33.7 Å². The zero-order valence-corrected chi connectivity index (χ0v) is 17.8. The van der Waals surface area contributed by atoms with Gasteiger partial charge in [-0.15, -0.1) is 11.3 Å². The van der Waals surface area contributed by atoms with Crippen molar-refractivity contribution in [1.82, 2.24) is 9.78 Å². The molecule has 0 aliphatic carbocycles. The van der Waals surface area contributed by atoms with Crippen LogP contribution < -0.4 is 5.32 Å². The maximum atomic E-state index is 12.4. The Morgan fingerprint density at radius 1 is 1.30 bits per heavy atom. The molecule has 2 heterocycles.